The van der Waals surface area contributed by atoms with Crippen LogP contribution >= 0.6 is 0 Å². The van der Waals surface area contributed by atoms with Gasteiger partial charge in [0.2, 0.25) is 0 Å². The molecular weight excluding hydrogens is 139 g/mol. The normalized spacial score (nSPS) is 10.1. The molecule has 1 rings (SSSR count). The molecule has 0 atom stereocenters. The van der Waals surface area contributed by atoms with Gasteiger partial charge in [0.1, 0.15) is 6.67 Å². The lowest BCUT2D eigenvalue weighted by atomic mass is 10.0. The van der Waals surface area contributed by atoms with E-state index in [2.05, 4.69) is 13.0 Å². The first-order valence-corrected chi connectivity index (χ1v) is 3.92. The first-order chi connectivity index (χ1) is 5.27. The summed E-state index contributed by atoms with van der Waals surface area (Å²) in [7, 11) is 0. The Morgan fingerprint density at radius 2 is 2.09 bits per heavy atom. The van der Waals surface area contributed by atoms with E-state index < -0.39 is 0 Å². The molecule has 0 radical (unpaired) electrons. The second kappa shape index (κ2) is 3.51. The summed E-state index contributed by atoms with van der Waals surface area (Å²) in [6.07, 6.45) is 0.979. The standard InChI is InChI=1S/C10H13F/c1-3-9-5-4-8(2)10(6-9)7-11/h4-6H,3,7H2,1-2H3. The van der Waals surface area contributed by atoms with Crippen LogP contribution in [0.4, 0.5) is 4.39 Å². The Kier molecular flexibility index (Phi) is 2.64. The van der Waals surface area contributed by atoms with Crippen molar-refractivity contribution < 1.29 is 4.39 Å². The van der Waals surface area contributed by atoms with Gasteiger partial charge in [-0.15, -0.1) is 0 Å². The van der Waals surface area contributed by atoms with Gasteiger partial charge < -0.3 is 0 Å². The van der Waals surface area contributed by atoms with E-state index in [1.165, 1.54) is 5.56 Å². The lowest BCUT2D eigenvalue weighted by molar-refractivity contribution is 0.483. The zero-order valence-electron chi connectivity index (χ0n) is 7.02. The second-order valence-electron chi connectivity index (χ2n) is 2.75. The number of aryl methyl sites for hydroxylation is 2. The van der Waals surface area contributed by atoms with Gasteiger partial charge in [0.25, 0.3) is 0 Å². The molecule has 0 amide bonds. The molecule has 0 spiro atoms. The minimum atomic E-state index is -0.348. The van der Waals surface area contributed by atoms with Crippen molar-refractivity contribution in [1.82, 2.24) is 0 Å². The summed E-state index contributed by atoms with van der Waals surface area (Å²) >= 11 is 0. The average Bonchev–Trinajstić information content (AvgIpc) is 2.05. The van der Waals surface area contributed by atoms with Crippen LogP contribution in [-0.4, -0.2) is 0 Å². The molecule has 0 aliphatic rings. The van der Waals surface area contributed by atoms with Crippen LogP contribution in [0.3, 0.4) is 0 Å². The highest BCUT2D eigenvalue weighted by Gasteiger charge is 1.97. The van der Waals surface area contributed by atoms with Gasteiger partial charge in [-0.05, 0) is 30.0 Å². The lowest BCUT2D eigenvalue weighted by Gasteiger charge is -2.02. The zero-order chi connectivity index (χ0) is 8.27. The molecular formula is C10H13F. The molecule has 0 aliphatic carbocycles. The summed E-state index contributed by atoms with van der Waals surface area (Å²) in [6, 6.07) is 5.97. The van der Waals surface area contributed by atoms with E-state index in [0.717, 1.165) is 17.5 Å². The molecule has 0 heterocycles. The number of halogens is 1. The fourth-order valence-corrected chi connectivity index (χ4v) is 1.09. The number of hydrogen-bond donors (Lipinski definition) is 0. The Morgan fingerprint density at radius 1 is 1.36 bits per heavy atom. The number of benzene rings is 1. The predicted octanol–water partition coefficient (Wildman–Crippen LogP) is 3.03. The smallest absolute Gasteiger partial charge is 0.115 e. The van der Waals surface area contributed by atoms with Gasteiger partial charge in [-0.3, -0.25) is 0 Å². The highest BCUT2D eigenvalue weighted by atomic mass is 19.1. The monoisotopic (exact) mass is 152 g/mol. The van der Waals surface area contributed by atoms with Crippen molar-refractivity contribution in [3.8, 4) is 0 Å². The third kappa shape index (κ3) is 1.79. The quantitative estimate of drug-likeness (QED) is 0.611. The van der Waals surface area contributed by atoms with Gasteiger partial charge in [0, 0.05) is 0 Å². The van der Waals surface area contributed by atoms with Crippen molar-refractivity contribution >= 4 is 0 Å². The van der Waals surface area contributed by atoms with E-state index in [9.17, 15) is 4.39 Å². The largest absolute Gasteiger partial charge is 0.246 e. The van der Waals surface area contributed by atoms with Crippen molar-refractivity contribution in [1.29, 1.82) is 0 Å². The van der Waals surface area contributed by atoms with Crippen molar-refractivity contribution in [2.24, 2.45) is 0 Å². The van der Waals surface area contributed by atoms with Crippen molar-refractivity contribution in [2.75, 3.05) is 0 Å². The van der Waals surface area contributed by atoms with Gasteiger partial charge in [-0.25, -0.2) is 4.39 Å². The maximum Gasteiger partial charge on any atom is 0.115 e. The van der Waals surface area contributed by atoms with Crippen LogP contribution in [0.15, 0.2) is 18.2 Å². The molecule has 1 heteroatoms. The third-order valence-electron chi connectivity index (χ3n) is 1.97. The van der Waals surface area contributed by atoms with E-state index in [4.69, 9.17) is 0 Å². The van der Waals surface area contributed by atoms with Gasteiger partial charge in [0.15, 0.2) is 0 Å². The van der Waals surface area contributed by atoms with Crippen LogP contribution in [-0.2, 0) is 13.1 Å². The fraction of sp³-hybridized carbons (Fsp3) is 0.400. The van der Waals surface area contributed by atoms with Crippen molar-refractivity contribution in [3.05, 3.63) is 34.9 Å². The summed E-state index contributed by atoms with van der Waals surface area (Å²) in [4.78, 5) is 0. The van der Waals surface area contributed by atoms with E-state index >= 15 is 0 Å². The minimum absolute atomic E-state index is 0.348. The van der Waals surface area contributed by atoms with Crippen LogP contribution in [0.2, 0.25) is 0 Å². The van der Waals surface area contributed by atoms with Gasteiger partial charge >= 0.3 is 0 Å². The zero-order valence-corrected chi connectivity index (χ0v) is 7.02. The van der Waals surface area contributed by atoms with E-state index in [-0.39, 0.29) is 6.67 Å². The van der Waals surface area contributed by atoms with Crippen LogP contribution in [0.1, 0.15) is 23.6 Å². The summed E-state index contributed by atoms with van der Waals surface area (Å²) in [5.74, 6) is 0. The maximum atomic E-state index is 12.3. The molecule has 0 bridgehead atoms. The van der Waals surface area contributed by atoms with Crippen molar-refractivity contribution in [2.45, 2.75) is 26.9 Å². The molecule has 0 N–H and O–H groups in total. The molecule has 60 valence electrons. The summed E-state index contributed by atoms with van der Waals surface area (Å²) < 4.78 is 12.3. The Balaban J connectivity index is 3.02. The van der Waals surface area contributed by atoms with Gasteiger partial charge in [0.05, 0.1) is 0 Å². The van der Waals surface area contributed by atoms with E-state index in [0.29, 0.717) is 0 Å². The van der Waals surface area contributed by atoms with Gasteiger partial charge in [-0.1, -0.05) is 25.1 Å². The van der Waals surface area contributed by atoms with E-state index in [1.807, 2.05) is 19.1 Å². The molecule has 0 fully saturated rings. The number of rotatable bonds is 2. The summed E-state index contributed by atoms with van der Waals surface area (Å²) in [5, 5.41) is 0. The lowest BCUT2D eigenvalue weighted by Crippen LogP contribution is -1.88. The third-order valence-corrected chi connectivity index (χ3v) is 1.97. The Hall–Kier alpha value is -0.850. The predicted molar refractivity (Wildman–Crippen MR) is 45.4 cm³/mol. The highest BCUT2D eigenvalue weighted by molar-refractivity contribution is 5.30. The Bertz CT molecular complexity index is 241. The van der Waals surface area contributed by atoms with Gasteiger partial charge in [-0.2, -0.15) is 0 Å². The summed E-state index contributed by atoms with van der Waals surface area (Å²) in [5.41, 5.74) is 3.08. The average molecular weight is 152 g/mol. The number of hydrogen-bond acceptors (Lipinski definition) is 0. The van der Waals surface area contributed by atoms with Crippen LogP contribution in [0.25, 0.3) is 0 Å². The highest BCUT2D eigenvalue weighted by Crippen LogP contribution is 2.12. The topological polar surface area (TPSA) is 0 Å². The van der Waals surface area contributed by atoms with Crippen LogP contribution in [0, 0.1) is 6.92 Å². The molecule has 1 aromatic carbocycles. The first-order valence-electron chi connectivity index (χ1n) is 3.92. The molecule has 1 aromatic rings. The Morgan fingerprint density at radius 3 is 2.64 bits per heavy atom. The molecule has 0 aromatic heterocycles. The molecule has 0 saturated heterocycles. The Labute approximate surface area is 67.1 Å². The van der Waals surface area contributed by atoms with Crippen LogP contribution < -0.4 is 0 Å². The summed E-state index contributed by atoms with van der Waals surface area (Å²) in [6.45, 7) is 3.67. The molecule has 0 unspecified atom stereocenters. The fourth-order valence-electron chi connectivity index (χ4n) is 1.09. The first kappa shape index (κ1) is 8.25. The van der Waals surface area contributed by atoms with Crippen LogP contribution in [0.5, 0.6) is 0 Å². The minimum Gasteiger partial charge on any atom is -0.246 e. The molecule has 11 heavy (non-hydrogen) atoms. The molecule has 0 saturated carbocycles. The molecule has 0 aliphatic heterocycles. The van der Waals surface area contributed by atoms with E-state index in [1.54, 1.807) is 0 Å². The molecule has 0 nitrogen and oxygen atoms in total. The second-order valence-corrected chi connectivity index (χ2v) is 2.75. The SMILES string of the molecule is CCc1ccc(C)c(CF)c1. The van der Waals surface area contributed by atoms with Crippen molar-refractivity contribution in [3.63, 3.8) is 0 Å². The maximum absolute atomic E-state index is 12.3. The number of alkyl halides is 1.